The van der Waals surface area contributed by atoms with Gasteiger partial charge in [0.1, 0.15) is 16.5 Å². The van der Waals surface area contributed by atoms with Crippen LogP contribution < -0.4 is 4.90 Å². The molecule has 4 aromatic rings. The third-order valence-electron chi connectivity index (χ3n) is 6.68. The van der Waals surface area contributed by atoms with Gasteiger partial charge in [0.15, 0.2) is 5.13 Å². The third-order valence-corrected chi connectivity index (χ3v) is 9.85. The zero-order valence-electron chi connectivity index (χ0n) is 20.9. The Kier molecular flexibility index (Phi) is 7.26. The number of carbonyl (C=O) groups excluding carboxylic acids is 1. The van der Waals surface area contributed by atoms with Gasteiger partial charge in [-0.3, -0.25) is 14.7 Å². The van der Waals surface area contributed by atoms with Crippen LogP contribution in [-0.4, -0.2) is 41.7 Å². The quantitative estimate of drug-likeness (QED) is 0.325. The Bertz CT molecular complexity index is 1600. The molecule has 2 aromatic heterocycles. The largest absolute Gasteiger partial charge is 0.283 e. The van der Waals surface area contributed by atoms with Crippen LogP contribution in [0.3, 0.4) is 0 Å². The van der Waals surface area contributed by atoms with Crippen molar-refractivity contribution < 1.29 is 22.0 Å². The van der Waals surface area contributed by atoms with Crippen LogP contribution in [0.25, 0.3) is 10.2 Å². The Balaban J connectivity index is 1.39. The van der Waals surface area contributed by atoms with E-state index in [1.54, 1.807) is 17.3 Å². The molecule has 5 rings (SSSR count). The second-order valence-corrected chi connectivity index (χ2v) is 12.3. The topological polar surface area (TPSA) is 83.5 Å². The van der Waals surface area contributed by atoms with Gasteiger partial charge in [-0.25, -0.2) is 22.2 Å². The molecule has 0 atom stereocenters. The third kappa shape index (κ3) is 5.18. The number of aromatic nitrogens is 2. The van der Waals surface area contributed by atoms with Gasteiger partial charge < -0.3 is 0 Å². The lowest BCUT2D eigenvalue weighted by Crippen LogP contribution is -2.44. The smallest absolute Gasteiger partial charge is 0.245 e. The molecule has 1 fully saturated rings. The summed E-state index contributed by atoms with van der Waals surface area (Å²) < 4.78 is 55.7. The summed E-state index contributed by atoms with van der Waals surface area (Å²) >= 11 is 1.45. The zero-order chi connectivity index (χ0) is 27.0. The normalized spacial score (nSPS) is 15.2. The molecule has 1 aliphatic heterocycles. The predicted octanol–water partition coefficient (Wildman–Crippen LogP) is 5.22. The second-order valence-electron chi connectivity index (χ2n) is 9.47. The molecule has 1 amide bonds. The lowest BCUT2D eigenvalue weighted by Gasteiger charge is -2.33. The van der Waals surface area contributed by atoms with Crippen molar-refractivity contribution in [3.05, 3.63) is 83.2 Å². The Labute approximate surface area is 223 Å². The Morgan fingerprint density at radius 1 is 1.13 bits per heavy atom. The van der Waals surface area contributed by atoms with Gasteiger partial charge in [0.2, 0.25) is 15.9 Å². The van der Waals surface area contributed by atoms with E-state index in [1.165, 1.54) is 11.3 Å². The first-order valence-electron chi connectivity index (χ1n) is 12.2. The van der Waals surface area contributed by atoms with Gasteiger partial charge in [0, 0.05) is 37.5 Å². The fourth-order valence-corrected chi connectivity index (χ4v) is 7.32. The number of aryl methyl sites for hydroxylation is 2. The minimum absolute atomic E-state index is 0.0500. The van der Waals surface area contributed by atoms with Crippen LogP contribution in [0, 0.1) is 31.4 Å². The molecule has 1 saturated heterocycles. The van der Waals surface area contributed by atoms with Crippen LogP contribution in [0.15, 0.2) is 59.8 Å². The van der Waals surface area contributed by atoms with E-state index in [0.29, 0.717) is 11.2 Å². The zero-order valence-corrected chi connectivity index (χ0v) is 22.5. The number of anilines is 1. The first-order valence-corrected chi connectivity index (χ1v) is 14.4. The van der Waals surface area contributed by atoms with Crippen LogP contribution in [0.4, 0.5) is 13.9 Å². The fraction of sp³-hybridized carbons (Fsp3) is 0.296. The van der Waals surface area contributed by atoms with Crippen LogP contribution in [0.2, 0.25) is 0 Å². The Morgan fingerprint density at radius 2 is 1.89 bits per heavy atom. The van der Waals surface area contributed by atoms with E-state index >= 15 is 0 Å². The molecule has 3 heterocycles. The van der Waals surface area contributed by atoms with Gasteiger partial charge in [-0.15, -0.1) is 0 Å². The first kappa shape index (κ1) is 26.3. The molecule has 0 unspecified atom stereocenters. The summed E-state index contributed by atoms with van der Waals surface area (Å²) in [6, 6.07) is 10.2. The summed E-state index contributed by atoms with van der Waals surface area (Å²) in [5.74, 6) is -2.56. The maximum absolute atomic E-state index is 14.2. The average Bonchev–Trinajstić information content (AvgIpc) is 3.31. The number of benzene rings is 2. The minimum atomic E-state index is -4.16. The highest BCUT2D eigenvalue weighted by atomic mass is 32.2. The van der Waals surface area contributed by atoms with Crippen molar-refractivity contribution in [3.8, 4) is 0 Å². The summed E-state index contributed by atoms with van der Waals surface area (Å²) in [7, 11) is -4.16. The number of amides is 1. The Hall–Kier alpha value is -3.28. The molecule has 198 valence electrons. The van der Waals surface area contributed by atoms with E-state index in [-0.39, 0.29) is 38.4 Å². The van der Waals surface area contributed by atoms with E-state index in [4.69, 9.17) is 4.98 Å². The monoisotopic (exact) mass is 556 g/mol. The van der Waals surface area contributed by atoms with Crippen LogP contribution >= 0.6 is 11.3 Å². The van der Waals surface area contributed by atoms with E-state index in [2.05, 4.69) is 11.1 Å². The SMILES string of the molecule is Cc1cc(C)c2sc(N(Cc3cccnc3)C(=O)C3CCN(S(=O)(=O)c4ccc(F)cc4F)CC3)nc2c1. The lowest BCUT2D eigenvalue weighted by molar-refractivity contribution is -0.123. The number of thiazole rings is 1. The molecule has 0 saturated carbocycles. The maximum Gasteiger partial charge on any atom is 0.245 e. The molecule has 7 nitrogen and oxygen atoms in total. The van der Waals surface area contributed by atoms with Crippen LogP contribution in [0.5, 0.6) is 0 Å². The van der Waals surface area contributed by atoms with E-state index in [0.717, 1.165) is 43.3 Å². The highest BCUT2D eigenvalue weighted by Crippen LogP contribution is 2.35. The summed E-state index contributed by atoms with van der Waals surface area (Å²) in [5, 5.41) is 0.575. The van der Waals surface area contributed by atoms with Gasteiger partial charge in [-0.2, -0.15) is 4.31 Å². The molecule has 0 aliphatic carbocycles. The summed E-state index contributed by atoms with van der Waals surface area (Å²) in [6.45, 7) is 4.40. The number of rotatable bonds is 6. The van der Waals surface area contributed by atoms with Crippen molar-refractivity contribution in [1.29, 1.82) is 0 Å². The standard InChI is InChI=1S/C27H26F2N4O3S2/c1-17-12-18(2)25-23(13-17)31-27(37-25)33(16-19-4-3-9-30-15-19)26(34)20-7-10-32(11-8-20)38(35,36)24-6-5-21(28)14-22(24)29/h3-6,9,12-15,20H,7-8,10-11,16H2,1-2H3. The van der Waals surface area contributed by atoms with Crippen LogP contribution in [-0.2, 0) is 21.4 Å². The van der Waals surface area contributed by atoms with Crippen molar-refractivity contribution >= 4 is 42.6 Å². The number of hydrogen-bond donors (Lipinski definition) is 0. The lowest BCUT2D eigenvalue weighted by atomic mass is 9.96. The summed E-state index contributed by atoms with van der Waals surface area (Å²) in [5.41, 5.74) is 3.85. The van der Waals surface area contributed by atoms with Crippen molar-refractivity contribution in [2.24, 2.45) is 5.92 Å². The molecule has 0 N–H and O–H groups in total. The highest BCUT2D eigenvalue weighted by Gasteiger charge is 2.36. The molecule has 0 radical (unpaired) electrons. The molecular weight excluding hydrogens is 530 g/mol. The molecular formula is C27H26F2N4O3S2. The minimum Gasteiger partial charge on any atom is -0.283 e. The predicted molar refractivity (Wildman–Crippen MR) is 142 cm³/mol. The number of fused-ring (bicyclic) bond motifs is 1. The number of piperidine rings is 1. The van der Waals surface area contributed by atoms with Gasteiger partial charge in [0.05, 0.1) is 16.8 Å². The van der Waals surface area contributed by atoms with Gasteiger partial charge in [0.25, 0.3) is 0 Å². The van der Waals surface area contributed by atoms with Crippen molar-refractivity contribution in [1.82, 2.24) is 14.3 Å². The van der Waals surface area contributed by atoms with Crippen LogP contribution in [0.1, 0.15) is 29.5 Å². The number of sulfonamides is 1. The van der Waals surface area contributed by atoms with Crippen molar-refractivity contribution in [2.45, 2.75) is 38.1 Å². The second kappa shape index (κ2) is 10.5. The number of halogens is 2. The summed E-state index contributed by atoms with van der Waals surface area (Å²) in [4.78, 5) is 23.9. The van der Waals surface area contributed by atoms with Crippen molar-refractivity contribution in [2.75, 3.05) is 18.0 Å². The molecule has 1 aliphatic rings. The average molecular weight is 557 g/mol. The van der Waals surface area contributed by atoms with Crippen molar-refractivity contribution in [3.63, 3.8) is 0 Å². The number of carbonyl (C=O) groups is 1. The van der Waals surface area contributed by atoms with E-state index < -0.39 is 32.5 Å². The highest BCUT2D eigenvalue weighted by molar-refractivity contribution is 7.89. The van der Waals surface area contributed by atoms with Gasteiger partial charge in [-0.1, -0.05) is 23.5 Å². The molecule has 0 spiro atoms. The molecule has 2 aromatic carbocycles. The molecule has 0 bridgehead atoms. The summed E-state index contributed by atoms with van der Waals surface area (Å²) in [6.07, 6.45) is 3.91. The van der Waals surface area contributed by atoms with E-state index in [1.807, 2.05) is 32.0 Å². The number of nitrogens with zero attached hydrogens (tertiary/aromatic N) is 4. The first-order chi connectivity index (χ1) is 18.1. The maximum atomic E-state index is 14.2. The number of pyridine rings is 1. The molecule has 38 heavy (non-hydrogen) atoms. The van der Waals surface area contributed by atoms with Gasteiger partial charge >= 0.3 is 0 Å². The fourth-order valence-electron chi connectivity index (χ4n) is 4.78. The Morgan fingerprint density at radius 3 is 2.58 bits per heavy atom. The molecule has 11 heteroatoms. The van der Waals surface area contributed by atoms with E-state index in [9.17, 15) is 22.0 Å². The van der Waals surface area contributed by atoms with Gasteiger partial charge in [-0.05, 0) is 67.6 Å². The number of hydrogen-bond acceptors (Lipinski definition) is 6.